The molecule has 0 aliphatic carbocycles. The Labute approximate surface area is 81.1 Å². The van der Waals surface area contributed by atoms with Crippen LogP contribution >= 0.6 is 0 Å². The molecule has 3 N–H and O–H groups in total. The first-order chi connectivity index (χ1) is 6.68. The standard InChI is InChI=1S/C10H12F2N2/c11-7-4-6(9(13)5-8(7)12)10-2-1-3-14-10/h4-5,10,14H,1-3,13H2/t10-/m1/s1. The Morgan fingerprint density at radius 3 is 2.64 bits per heavy atom. The zero-order valence-electron chi connectivity index (χ0n) is 7.69. The summed E-state index contributed by atoms with van der Waals surface area (Å²) in [5.41, 5.74) is 6.61. The number of rotatable bonds is 1. The van der Waals surface area contributed by atoms with E-state index in [9.17, 15) is 8.78 Å². The van der Waals surface area contributed by atoms with Crippen LogP contribution in [0.5, 0.6) is 0 Å². The molecule has 0 spiro atoms. The van der Waals surface area contributed by atoms with E-state index in [1.165, 1.54) is 6.07 Å². The summed E-state index contributed by atoms with van der Waals surface area (Å²) in [6, 6.07) is 2.31. The van der Waals surface area contributed by atoms with Gasteiger partial charge in [-0.15, -0.1) is 0 Å². The Hall–Kier alpha value is -1.16. The van der Waals surface area contributed by atoms with Crippen molar-refractivity contribution in [2.24, 2.45) is 0 Å². The Bertz CT molecular complexity index is 346. The summed E-state index contributed by atoms with van der Waals surface area (Å²) in [7, 11) is 0. The smallest absolute Gasteiger partial charge is 0.160 e. The fourth-order valence-electron chi connectivity index (χ4n) is 1.83. The third-order valence-electron chi connectivity index (χ3n) is 2.56. The van der Waals surface area contributed by atoms with Crippen molar-refractivity contribution in [3.05, 3.63) is 29.3 Å². The van der Waals surface area contributed by atoms with E-state index in [4.69, 9.17) is 5.73 Å². The monoisotopic (exact) mass is 198 g/mol. The molecule has 2 rings (SSSR count). The van der Waals surface area contributed by atoms with Gasteiger partial charge < -0.3 is 11.1 Å². The van der Waals surface area contributed by atoms with E-state index < -0.39 is 11.6 Å². The van der Waals surface area contributed by atoms with Gasteiger partial charge in [-0.1, -0.05) is 0 Å². The molecule has 0 radical (unpaired) electrons. The van der Waals surface area contributed by atoms with Crippen molar-refractivity contribution in [3.63, 3.8) is 0 Å². The SMILES string of the molecule is Nc1cc(F)c(F)cc1[C@H]1CCCN1. The van der Waals surface area contributed by atoms with E-state index in [0.717, 1.165) is 25.5 Å². The molecule has 1 aromatic carbocycles. The van der Waals surface area contributed by atoms with Gasteiger partial charge in [0.2, 0.25) is 0 Å². The molecule has 1 aliphatic rings. The van der Waals surface area contributed by atoms with Gasteiger partial charge in [0, 0.05) is 17.8 Å². The zero-order valence-corrected chi connectivity index (χ0v) is 7.69. The highest BCUT2D eigenvalue weighted by Gasteiger charge is 2.20. The number of anilines is 1. The van der Waals surface area contributed by atoms with Crippen LogP contribution in [0.25, 0.3) is 0 Å². The van der Waals surface area contributed by atoms with Gasteiger partial charge in [0.15, 0.2) is 11.6 Å². The fraction of sp³-hybridized carbons (Fsp3) is 0.400. The van der Waals surface area contributed by atoms with Crippen LogP contribution in [0.15, 0.2) is 12.1 Å². The van der Waals surface area contributed by atoms with E-state index in [0.29, 0.717) is 11.3 Å². The van der Waals surface area contributed by atoms with Gasteiger partial charge in [0.1, 0.15) is 0 Å². The molecule has 0 amide bonds. The highest BCUT2D eigenvalue weighted by molar-refractivity contribution is 5.49. The van der Waals surface area contributed by atoms with Crippen LogP contribution in [0, 0.1) is 11.6 Å². The second kappa shape index (κ2) is 3.53. The van der Waals surface area contributed by atoms with E-state index in [-0.39, 0.29) is 6.04 Å². The molecule has 76 valence electrons. The third-order valence-corrected chi connectivity index (χ3v) is 2.56. The average molecular weight is 198 g/mol. The number of benzene rings is 1. The maximum atomic E-state index is 13.0. The molecule has 0 bridgehead atoms. The van der Waals surface area contributed by atoms with Crippen molar-refractivity contribution in [1.29, 1.82) is 0 Å². The maximum absolute atomic E-state index is 13.0. The van der Waals surface area contributed by atoms with Crippen LogP contribution < -0.4 is 11.1 Å². The Balaban J connectivity index is 2.37. The summed E-state index contributed by atoms with van der Waals surface area (Å²) in [6.07, 6.45) is 1.97. The number of hydrogen-bond donors (Lipinski definition) is 2. The van der Waals surface area contributed by atoms with Gasteiger partial charge in [-0.05, 0) is 31.0 Å². The van der Waals surface area contributed by atoms with Gasteiger partial charge >= 0.3 is 0 Å². The molecule has 1 saturated heterocycles. The quantitative estimate of drug-likeness (QED) is 0.677. The average Bonchev–Trinajstić information content (AvgIpc) is 2.64. The van der Waals surface area contributed by atoms with Crippen molar-refractivity contribution >= 4 is 5.69 Å². The van der Waals surface area contributed by atoms with Gasteiger partial charge in [0.05, 0.1) is 0 Å². The first kappa shape index (κ1) is 9.40. The number of nitrogen functional groups attached to an aromatic ring is 1. The van der Waals surface area contributed by atoms with Gasteiger partial charge in [0.25, 0.3) is 0 Å². The number of hydrogen-bond acceptors (Lipinski definition) is 2. The Morgan fingerprint density at radius 2 is 2.00 bits per heavy atom. The summed E-state index contributed by atoms with van der Waals surface area (Å²) in [4.78, 5) is 0. The van der Waals surface area contributed by atoms with Crippen LogP contribution in [-0.4, -0.2) is 6.54 Å². The minimum absolute atomic E-state index is 0.0742. The van der Waals surface area contributed by atoms with Crippen molar-refractivity contribution in [2.75, 3.05) is 12.3 Å². The van der Waals surface area contributed by atoms with E-state index in [1.807, 2.05) is 0 Å². The van der Waals surface area contributed by atoms with Crippen molar-refractivity contribution < 1.29 is 8.78 Å². The molecule has 1 fully saturated rings. The Kier molecular flexibility index (Phi) is 2.37. The van der Waals surface area contributed by atoms with E-state index in [1.54, 1.807) is 0 Å². The molecule has 0 aromatic heterocycles. The number of nitrogens with two attached hydrogens (primary N) is 1. The largest absolute Gasteiger partial charge is 0.398 e. The number of halogens is 2. The molecule has 2 nitrogen and oxygen atoms in total. The number of nitrogens with one attached hydrogen (secondary N) is 1. The third kappa shape index (κ3) is 1.57. The second-order valence-corrected chi connectivity index (χ2v) is 3.54. The molecule has 1 aliphatic heterocycles. The molecule has 4 heteroatoms. The van der Waals surface area contributed by atoms with E-state index >= 15 is 0 Å². The molecular weight excluding hydrogens is 186 g/mol. The molecule has 0 unspecified atom stereocenters. The lowest BCUT2D eigenvalue weighted by Gasteiger charge is -2.13. The predicted octanol–water partition coefficient (Wildman–Crippen LogP) is 1.97. The Morgan fingerprint density at radius 1 is 1.29 bits per heavy atom. The predicted molar refractivity (Wildman–Crippen MR) is 50.7 cm³/mol. The highest BCUT2D eigenvalue weighted by Crippen LogP contribution is 2.29. The lowest BCUT2D eigenvalue weighted by Crippen LogP contribution is -2.15. The highest BCUT2D eigenvalue weighted by atomic mass is 19.2. The normalized spacial score (nSPS) is 21.4. The molecule has 1 aromatic rings. The summed E-state index contributed by atoms with van der Waals surface area (Å²) in [6.45, 7) is 0.906. The van der Waals surface area contributed by atoms with Gasteiger partial charge in [-0.2, -0.15) is 0 Å². The summed E-state index contributed by atoms with van der Waals surface area (Å²) < 4.78 is 25.7. The molecular formula is C10H12F2N2. The molecule has 0 saturated carbocycles. The van der Waals surface area contributed by atoms with Crippen LogP contribution in [0.3, 0.4) is 0 Å². The molecule has 1 heterocycles. The molecule has 1 atom stereocenters. The summed E-state index contributed by atoms with van der Waals surface area (Å²) in [5.74, 6) is -1.72. The van der Waals surface area contributed by atoms with Crippen LogP contribution in [0.1, 0.15) is 24.4 Å². The second-order valence-electron chi connectivity index (χ2n) is 3.54. The first-order valence-electron chi connectivity index (χ1n) is 4.66. The van der Waals surface area contributed by atoms with Crippen molar-refractivity contribution in [1.82, 2.24) is 5.32 Å². The van der Waals surface area contributed by atoms with Crippen molar-refractivity contribution in [3.8, 4) is 0 Å². The first-order valence-corrected chi connectivity index (χ1v) is 4.66. The minimum Gasteiger partial charge on any atom is -0.398 e. The molecule has 14 heavy (non-hydrogen) atoms. The van der Waals surface area contributed by atoms with E-state index in [2.05, 4.69) is 5.32 Å². The fourth-order valence-corrected chi connectivity index (χ4v) is 1.83. The van der Waals surface area contributed by atoms with Crippen LogP contribution in [0.4, 0.5) is 14.5 Å². The van der Waals surface area contributed by atoms with Crippen LogP contribution in [-0.2, 0) is 0 Å². The maximum Gasteiger partial charge on any atom is 0.160 e. The van der Waals surface area contributed by atoms with Crippen LogP contribution in [0.2, 0.25) is 0 Å². The summed E-state index contributed by atoms with van der Waals surface area (Å²) >= 11 is 0. The van der Waals surface area contributed by atoms with Gasteiger partial charge in [-0.3, -0.25) is 0 Å². The zero-order chi connectivity index (χ0) is 10.1. The summed E-state index contributed by atoms with van der Waals surface area (Å²) in [5, 5.41) is 3.19. The lowest BCUT2D eigenvalue weighted by molar-refractivity contribution is 0.504. The van der Waals surface area contributed by atoms with Gasteiger partial charge in [-0.25, -0.2) is 8.78 Å². The van der Waals surface area contributed by atoms with Crippen molar-refractivity contribution in [2.45, 2.75) is 18.9 Å². The lowest BCUT2D eigenvalue weighted by atomic mass is 10.0. The topological polar surface area (TPSA) is 38.0 Å². The minimum atomic E-state index is -0.885.